The van der Waals surface area contributed by atoms with Crippen LogP contribution in [0.3, 0.4) is 0 Å². The minimum absolute atomic E-state index is 0.0471. The van der Waals surface area contributed by atoms with Gasteiger partial charge >= 0.3 is 0 Å². The van der Waals surface area contributed by atoms with Gasteiger partial charge in [-0.1, -0.05) is 45.0 Å². The number of carbonyl (C=O) groups excluding carboxylic acids is 2. The molecule has 33 heavy (non-hydrogen) atoms. The molecule has 0 unspecified atom stereocenters. The molecule has 0 radical (unpaired) electrons. The molecule has 0 saturated heterocycles. The van der Waals surface area contributed by atoms with Gasteiger partial charge in [-0.05, 0) is 66.4 Å². The van der Waals surface area contributed by atoms with Crippen LogP contribution in [0.5, 0.6) is 11.5 Å². The standard InChI is InChI=1S/C27H30N2O4/c1-5-32-21-16-12-20(13-17-21)28-26(31)23-8-6-7-9-24(23)29-25(30)18-33-22-14-10-19(11-15-22)27(2,3)4/h6-17H,5,18H2,1-4H3,(H,28,31)(H,29,30). The summed E-state index contributed by atoms with van der Waals surface area (Å²) in [5, 5.41) is 5.60. The number of carbonyl (C=O) groups is 2. The molecule has 0 saturated carbocycles. The second-order valence-corrected chi connectivity index (χ2v) is 8.57. The molecule has 3 aromatic carbocycles. The smallest absolute Gasteiger partial charge is 0.262 e. The largest absolute Gasteiger partial charge is 0.494 e. The van der Waals surface area contributed by atoms with Gasteiger partial charge in [-0.3, -0.25) is 9.59 Å². The van der Waals surface area contributed by atoms with Crippen LogP contribution >= 0.6 is 0 Å². The van der Waals surface area contributed by atoms with Crippen LogP contribution in [0.2, 0.25) is 0 Å². The highest BCUT2D eigenvalue weighted by Gasteiger charge is 2.15. The van der Waals surface area contributed by atoms with Crippen LogP contribution in [0.1, 0.15) is 43.6 Å². The second kappa shape index (κ2) is 10.7. The lowest BCUT2D eigenvalue weighted by Crippen LogP contribution is -2.22. The fraction of sp³-hybridized carbons (Fsp3) is 0.259. The maximum absolute atomic E-state index is 12.8. The molecule has 0 atom stereocenters. The molecule has 3 aromatic rings. The van der Waals surface area contributed by atoms with Crippen LogP contribution in [-0.2, 0) is 10.2 Å². The predicted octanol–water partition coefficient (Wildman–Crippen LogP) is 5.65. The summed E-state index contributed by atoms with van der Waals surface area (Å²) in [5.41, 5.74) is 2.64. The number of ether oxygens (including phenoxy) is 2. The van der Waals surface area contributed by atoms with Gasteiger partial charge < -0.3 is 20.1 Å². The zero-order valence-corrected chi connectivity index (χ0v) is 19.5. The van der Waals surface area contributed by atoms with Crippen LogP contribution in [0, 0.1) is 0 Å². The quantitative estimate of drug-likeness (QED) is 0.469. The van der Waals surface area contributed by atoms with E-state index in [0.717, 1.165) is 5.75 Å². The monoisotopic (exact) mass is 446 g/mol. The summed E-state index contributed by atoms with van der Waals surface area (Å²) in [5.74, 6) is 0.667. The summed E-state index contributed by atoms with van der Waals surface area (Å²) < 4.78 is 11.0. The van der Waals surface area contributed by atoms with Crippen LogP contribution in [-0.4, -0.2) is 25.0 Å². The Bertz CT molecular complexity index is 1080. The van der Waals surface area contributed by atoms with Crippen molar-refractivity contribution in [3.63, 3.8) is 0 Å². The van der Waals surface area contributed by atoms with Gasteiger partial charge in [0.15, 0.2) is 6.61 Å². The molecule has 2 amide bonds. The Hall–Kier alpha value is -3.80. The first-order valence-corrected chi connectivity index (χ1v) is 10.9. The number of benzene rings is 3. The highest BCUT2D eigenvalue weighted by atomic mass is 16.5. The third-order valence-corrected chi connectivity index (χ3v) is 4.96. The number of para-hydroxylation sites is 1. The highest BCUT2D eigenvalue weighted by Crippen LogP contribution is 2.24. The first-order valence-electron chi connectivity index (χ1n) is 10.9. The molecule has 0 fully saturated rings. The van der Waals surface area contributed by atoms with Crippen molar-refractivity contribution in [1.29, 1.82) is 0 Å². The van der Waals surface area contributed by atoms with E-state index < -0.39 is 0 Å². The molecule has 172 valence electrons. The van der Waals surface area contributed by atoms with E-state index in [1.807, 2.05) is 31.2 Å². The second-order valence-electron chi connectivity index (χ2n) is 8.57. The van der Waals surface area contributed by atoms with E-state index in [4.69, 9.17) is 9.47 Å². The topological polar surface area (TPSA) is 76.7 Å². The SMILES string of the molecule is CCOc1ccc(NC(=O)c2ccccc2NC(=O)COc2ccc(C(C)(C)C)cc2)cc1. The average Bonchev–Trinajstić information content (AvgIpc) is 2.79. The number of rotatable bonds is 8. The Morgan fingerprint density at radius 2 is 1.39 bits per heavy atom. The fourth-order valence-corrected chi connectivity index (χ4v) is 3.18. The molecule has 0 aliphatic heterocycles. The van der Waals surface area contributed by atoms with Crippen molar-refractivity contribution >= 4 is 23.2 Å². The molecule has 0 aromatic heterocycles. The molecule has 6 nitrogen and oxygen atoms in total. The molecule has 0 spiro atoms. The summed E-state index contributed by atoms with van der Waals surface area (Å²) in [6, 6.07) is 21.7. The van der Waals surface area contributed by atoms with Gasteiger partial charge in [-0.2, -0.15) is 0 Å². The lowest BCUT2D eigenvalue weighted by Gasteiger charge is -2.19. The Morgan fingerprint density at radius 1 is 0.788 bits per heavy atom. The molecule has 0 heterocycles. The van der Waals surface area contributed by atoms with Crippen molar-refractivity contribution in [1.82, 2.24) is 0 Å². The van der Waals surface area contributed by atoms with E-state index in [1.54, 1.807) is 48.5 Å². The molecule has 2 N–H and O–H groups in total. The summed E-state index contributed by atoms with van der Waals surface area (Å²) in [4.78, 5) is 25.3. The highest BCUT2D eigenvalue weighted by molar-refractivity contribution is 6.10. The van der Waals surface area contributed by atoms with Crippen LogP contribution in [0.4, 0.5) is 11.4 Å². The van der Waals surface area contributed by atoms with E-state index in [-0.39, 0.29) is 23.8 Å². The zero-order chi connectivity index (χ0) is 23.8. The Kier molecular flexibility index (Phi) is 7.72. The van der Waals surface area contributed by atoms with Gasteiger partial charge in [0.1, 0.15) is 11.5 Å². The number of anilines is 2. The average molecular weight is 447 g/mol. The number of hydrogen-bond donors (Lipinski definition) is 2. The molecular weight excluding hydrogens is 416 g/mol. The summed E-state index contributed by atoms with van der Waals surface area (Å²) in [6.45, 7) is 8.74. The van der Waals surface area contributed by atoms with E-state index in [9.17, 15) is 9.59 Å². The van der Waals surface area contributed by atoms with Gasteiger partial charge in [0.05, 0.1) is 17.9 Å². The third kappa shape index (κ3) is 6.84. The predicted molar refractivity (Wildman–Crippen MR) is 131 cm³/mol. The number of amides is 2. The van der Waals surface area contributed by atoms with Crippen molar-refractivity contribution in [2.45, 2.75) is 33.1 Å². The lowest BCUT2D eigenvalue weighted by atomic mass is 9.87. The van der Waals surface area contributed by atoms with Gasteiger partial charge in [0.2, 0.25) is 0 Å². The summed E-state index contributed by atoms with van der Waals surface area (Å²) in [6.07, 6.45) is 0. The van der Waals surface area contributed by atoms with E-state index in [0.29, 0.717) is 29.3 Å². The van der Waals surface area contributed by atoms with E-state index >= 15 is 0 Å². The third-order valence-electron chi connectivity index (χ3n) is 4.96. The maximum Gasteiger partial charge on any atom is 0.262 e. The normalized spacial score (nSPS) is 10.9. The summed E-state index contributed by atoms with van der Waals surface area (Å²) in [7, 11) is 0. The van der Waals surface area contributed by atoms with Gasteiger partial charge in [0.25, 0.3) is 11.8 Å². The van der Waals surface area contributed by atoms with Crippen LogP contribution in [0.25, 0.3) is 0 Å². The molecule has 0 aliphatic carbocycles. The van der Waals surface area contributed by atoms with Crippen molar-refractivity contribution in [2.24, 2.45) is 0 Å². The molecular formula is C27H30N2O4. The van der Waals surface area contributed by atoms with Gasteiger partial charge in [-0.25, -0.2) is 0 Å². The van der Waals surface area contributed by atoms with Crippen molar-refractivity contribution in [2.75, 3.05) is 23.8 Å². The molecule has 0 aliphatic rings. The zero-order valence-electron chi connectivity index (χ0n) is 19.5. The first-order chi connectivity index (χ1) is 15.8. The molecule has 6 heteroatoms. The van der Waals surface area contributed by atoms with Crippen molar-refractivity contribution in [3.05, 3.63) is 83.9 Å². The Morgan fingerprint density at radius 3 is 2.03 bits per heavy atom. The molecule has 3 rings (SSSR count). The maximum atomic E-state index is 12.8. The van der Waals surface area contributed by atoms with E-state index in [2.05, 4.69) is 31.4 Å². The van der Waals surface area contributed by atoms with Gasteiger partial charge in [-0.15, -0.1) is 0 Å². The minimum atomic E-state index is -0.351. The number of hydrogen-bond acceptors (Lipinski definition) is 4. The minimum Gasteiger partial charge on any atom is -0.494 e. The van der Waals surface area contributed by atoms with Crippen molar-refractivity contribution in [3.8, 4) is 11.5 Å². The first kappa shape index (κ1) is 23.9. The Balaban J connectivity index is 1.60. The Labute approximate surface area is 194 Å². The van der Waals surface area contributed by atoms with Crippen LogP contribution in [0.15, 0.2) is 72.8 Å². The summed E-state index contributed by atoms with van der Waals surface area (Å²) >= 11 is 0. The van der Waals surface area contributed by atoms with Gasteiger partial charge in [0, 0.05) is 5.69 Å². The number of nitrogens with one attached hydrogen (secondary N) is 2. The fourth-order valence-electron chi connectivity index (χ4n) is 3.18. The van der Waals surface area contributed by atoms with E-state index in [1.165, 1.54) is 5.56 Å². The van der Waals surface area contributed by atoms with Crippen LogP contribution < -0.4 is 20.1 Å². The molecule has 0 bridgehead atoms. The van der Waals surface area contributed by atoms with Crippen molar-refractivity contribution < 1.29 is 19.1 Å². The lowest BCUT2D eigenvalue weighted by molar-refractivity contribution is -0.118.